The first-order valence-electron chi connectivity index (χ1n) is 9.13. The molecule has 0 radical (unpaired) electrons. The molecule has 6 nitrogen and oxygen atoms in total. The number of ether oxygens (including phenoxy) is 2. The second-order valence-corrected chi connectivity index (χ2v) is 7.13. The van der Waals surface area contributed by atoms with Crippen molar-refractivity contribution in [1.82, 2.24) is 9.97 Å². The predicted octanol–water partition coefficient (Wildman–Crippen LogP) is 2.20. The standard InChI is InChI=1S/C18H30N4O2/c1-21(11-15-5-3-9-23-13-15)17-18(20-8-7-19-17)22(2)12-16-6-4-10-24-14-16/h7-8,15-16H,3-6,9-14H2,1-2H3/t15-,16-/m0/s1. The third-order valence-electron chi connectivity index (χ3n) is 4.96. The van der Waals surface area contributed by atoms with Gasteiger partial charge in [0.05, 0.1) is 13.2 Å². The molecule has 2 aliphatic heterocycles. The van der Waals surface area contributed by atoms with Crippen molar-refractivity contribution in [3.8, 4) is 0 Å². The van der Waals surface area contributed by atoms with Crippen molar-refractivity contribution in [3.63, 3.8) is 0 Å². The summed E-state index contributed by atoms with van der Waals surface area (Å²) in [6, 6.07) is 0. The first-order chi connectivity index (χ1) is 11.7. The Morgan fingerprint density at radius 2 is 1.33 bits per heavy atom. The molecule has 0 spiro atoms. The summed E-state index contributed by atoms with van der Waals surface area (Å²) in [5.74, 6) is 3.08. The molecular formula is C18H30N4O2. The quantitative estimate of drug-likeness (QED) is 0.795. The molecule has 1 aromatic rings. The van der Waals surface area contributed by atoms with Gasteiger partial charge in [-0.05, 0) is 37.5 Å². The molecule has 6 heteroatoms. The molecule has 1 aromatic heterocycles. The number of anilines is 2. The molecule has 0 unspecified atom stereocenters. The van der Waals surface area contributed by atoms with E-state index in [0.717, 1.165) is 64.0 Å². The van der Waals surface area contributed by atoms with Crippen LogP contribution in [0.5, 0.6) is 0 Å². The summed E-state index contributed by atoms with van der Waals surface area (Å²) in [6.07, 6.45) is 8.35. The van der Waals surface area contributed by atoms with E-state index in [1.807, 2.05) is 0 Å². The average Bonchev–Trinajstić information content (AvgIpc) is 2.63. The molecular weight excluding hydrogens is 304 g/mol. The number of nitrogens with zero attached hydrogens (tertiary/aromatic N) is 4. The van der Waals surface area contributed by atoms with Gasteiger partial charge in [0, 0.05) is 52.8 Å². The molecule has 2 saturated heterocycles. The third-order valence-corrected chi connectivity index (χ3v) is 4.96. The van der Waals surface area contributed by atoms with Crippen molar-refractivity contribution in [2.75, 3.05) is 63.4 Å². The van der Waals surface area contributed by atoms with Gasteiger partial charge in [-0.1, -0.05) is 0 Å². The largest absolute Gasteiger partial charge is 0.381 e. The van der Waals surface area contributed by atoms with Crippen LogP contribution in [0.15, 0.2) is 12.4 Å². The third kappa shape index (κ3) is 4.57. The molecule has 0 aliphatic carbocycles. The second-order valence-electron chi connectivity index (χ2n) is 7.13. The normalized spacial score (nSPS) is 24.6. The van der Waals surface area contributed by atoms with E-state index in [1.54, 1.807) is 12.4 Å². The molecule has 24 heavy (non-hydrogen) atoms. The summed E-state index contributed by atoms with van der Waals surface area (Å²) >= 11 is 0. The molecule has 3 rings (SSSR count). The molecule has 0 aromatic carbocycles. The van der Waals surface area contributed by atoms with E-state index in [2.05, 4.69) is 33.9 Å². The van der Waals surface area contributed by atoms with Crippen LogP contribution in [-0.4, -0.2) is 63.6 Å². The minimum absolute atomic E-state index is 0.579. The molecule has 0 saturated carbocycles. The van der Waals surface area contributed by atoms with Gasteiger partial charge < -0.3 is 19.3 Å². The zero-order valence-electron chi connectivity index (χ0n) is 15.0. The lowest BCUT2D eigenvalue weighted by atomic mass is 10.0. The summed E-state index contributed by atoms with van der Waals surface area (Å²) in [6.45, 7) is 5.45. The molecule has 2 aliphatic rings. The Bertz CT molecular complexity index is 457. The van der Waals surface area contributed by atoms with Crippen LogP contribution in [0.2, 0.25) is 0 Å². The van der Waals surface area contributed by atoms with Crippen LogP contribution in [-0.2, 0) is 9.47 Å². The van der Waals surface area contributed by atoms with E-state index in [1.165, 1.54) is 12.8 Å². The molecule has 0 amide bonds. The van der Waals surface area contributed by atoms with Crippen LogP contribution in [0.1, 0.15) is 25.7 Å². The van der Waals surface area contributed by atoms with Crippen molar-refractivity contribution in [1.29, 1.82) is 0 Å². The summed E-state index contributed by atoms with van der Waals surface area (Å²) in [5.41, 5.74) is 0. The lowest BCUT2D eigenvalue weighted by Gasteiger charge is -2.32. The Labute approximate surface area is 145 Å². The van der Waals surface area contributed by atoms with Gasteiger partial charge in [-0.2, -0.15) is 0 Å². The minimum atomic E-state index is 0.579. The second kappa shape index (κ2) is 8.62. The van der Waals surface area contributed by atoms with Crippen LogP contribution in [0.25, 0.3) is 0 Å². The average molecular weight is 334 g/mol. The lowest BCUT2D eigenvalue weighted by molar-refractivity contribution is 0.0573. The number of aromatic nitrogens is 2. The lowest BCUT2D eigenvalue weighted by Crippen LogP contribution is -2.35. The Morgan fingerprint density at radius 1 is 0.875 bits per heavy atom. The molecule has 0 bridgehead atoms. The van der Waals surface area contributed by atoms with Crippen molar-refractivity contribution >= 4 is 11.6 Å². The smallest absolute Gasteiger partial charge is 0.171 e. The molecule has 2 fully saturated rings. The SMILES string of the molecule is CN(C[C@@H]1CCCOC1)c1nccnc1N(C)C[C@@H]1CCCOC1. The summed E-state index contributed by atoms with van der Waals surface area (Å²) < 4.78 is 11.2. The van der Waals surface area contributed by atoms with Gasteiger partial charge in [-0.15, -0.1) is 0 Å². The van der Waals surface area contributed by atoms with Gasteiger partial charge in [0.25, 0.3) is 0 Å². The zero-order valence-corrected chi connectivity index (χ0v) is 15.0. The highest BCUT2D eigenvalue weighted by Gasteiger charge is 2.22. The number of hydrogen-bond donors (Lipinski definition) is 0. The van der Waals surface area contributed by atoms with E-state index in [-0.39, 0.29) is 0 Å². The molecule has 0 N–H and O–H groups in total. The zero-order chi connectivity index (χ0) is 16.8. The number of rotatable bonds is 6. The predicted molar refractivity (Wildman–Crippen MR) is 95.7 cm³/mol. The van der Waals surface area contributed by atoms with Crippen LogP contribution in [0.4, 0.5) is 11.6 Å². The van der Waals surface area contributed by atoms with Crippen LogP contribution in [0, 0.1) is 11.8 Å². The van der Waals surface area contributed by atoms with Crippen molar-refractivity contribution < 1.29 is 9.47 Å². The molecule has 3 heterocycles. The fraction of sp³-hybridized carbons (Fsp3) is 0.778. The van der Waals surface area contributed by atoms with E-state index in [4.69, 9.17) is 9.47 Å². The summed E-state index contributed by atoms with van der Waals surface area (Å²) in [7, 11) is 4.22. The van der Waals surface area contributed by atoms with Crippen molar-refractivity contribution in [2.45, 2.75) is 25.7 Å². The maximum absolute atomic E-state index is 5.61. The monoisotopic (exact) mass is 334 g/mol. The van der Waals surface area contributed by atoms with Crippen LogP contribution >= 0.6 is 0 Å². The first-order valence-corrected chi connectivity index (χ1v) is 9.13. The highest BCUT2D eigenvalue weighted by Crippen LogP contribution is 2.26. The van der Waals surface area contributed by atoms with E-state index in [0.29, 0.717) is 11.8 Å². The van der Waals surface area contributed by atoms with Gasteiger partial charge in [-0.25, -0.2) is 9.97 Å². The van der Waals surface area contributed by atoms with Gasteiger partial charge in [0.2, 0.25) is 0 Å². The fourth-order valence-electron chi connectivity index (χ4n) is 3.71. The van der Waals surface area contributed by atoms with Crippen molar-refractivity contribution in [2.24, 2.45) is 11.8 Å². The Hall–Kier alpha value is -1.40. The highest BCUT2D eigenvalue weighted by molar-refractivity contribution is 5.61. The van der Waals surface area contributed by atoms with Gasteiger partial charge >= 0.3 is 0 Å². The van der Waals surface area contributed by atoms with Crippen LogP contribution in [0.3, 0.4) is 0 Å². The van der Waals surface area contributed by atoms with Crippen LogP contribution < -0.4 is 9.80 Å². The summed E-state index contributed by atoms with van der Waals surface area (Å²) in [4.78, 5) is 13.7. The maximum atomic E-state index is 5.61. The van der Waals surface area contributed by atoms with E-state index < -0.39 is 0 Å². The Balaban J connectivity index is 1.64. The molecule has 134 valence electrons. The van der Waals surface area contributed by atoms with Gasteiger partial charge in [0.1, 0.15) is 0 Å². The minimum Gasteiger partial charge on any atom is -0.381 e. The Kier molecular flexibility index (Phi) is 6.26. The maximum Gasteiger partial charge on any atom is 0.171 e. The topological polar surface area (TPSA) is 50.7 Å². The number of hydrogen-bond acceptors (Lipinski definition) is 6. The van der Waals surface area contributed by atoms with Gasteiger partial charge in [-0.3, -0.25) is 0 Å². The molecule has 2 atom stereocenters. The summed E-state index contributed by atoms with van der Waals surface area (Å²) in [5, 5.41) is 0. The highest BCUT2D eigenvalue weighted by atomic mass is 16.5. The first kappa shape index (κ1) is 17.4. The Morgan fingerprint density at radius 3 is 1.71 bits per heavy atom. The van der Waals surface area contributed by atoms with E-state index in [9.17, 15) is 0 Å². The van der Waals surface area contributed by atoms with Gasteiger partial charge in [0.15, 0.2) is 11.6 Å². The van der Waals surface area contributed by atoms with Crippen molar-refractivity contribution in [3.05, 3.63) is 12.4 Å². The fourth-order valence-corrected chi connectivity index (χ4v) is 3.71. The van der Waals surface area contributed by atoms with E-state index >= 15 is 0 Å².